The average Bonchev–Trinajstić information content (AvgIpc) is 3.24. The van der Waals surface area contributed by atoms with Crippen LogP contribution in [-0.4, -0.2) is 78.2 Å². The second-order valence-electron chi connectivity index (χ2n) is 9.76. The number of anilines is 1. The van der Waals surface area contributed by atoms with Gasteiger partial charge in [-0.3, -0.25) is 9.36 Å². The van der Waals surface area contributed by atoms with E-state index in [4.69, 9.17) is 9.47 Å². The predicted molar refractivity (Wildman–Crippen MR) is 144 cm³/mol. The molecule has 3 heterocycles. The van der Waals surface area contributed by atoms with E-state index in [0.29, 0.717) is 6.42 Å². The monoisotopic (exact) mass is 561 g/mol. The lowest BCUT2D eigenvalue weighted by Crippen LogP contribution is -2.36. The summed E-state index contributed by atoms with van der Waals surface area (Å²) in [6.45, 7) is 1.86. The highest BCUT2D eigenvalue weighted by Gasteiger charge is 2.43. The molecule has 13 nitrogen and oxygen atoms in total. The van der Waals surface area contributed by atoms with E-state index < -0.39 is 48.7 Å². The molecular weight excluding hydrogens is 522 g/mol. The number of amides is 1. The number of ether oxygens (including phenoxy) is 2. The molecule has 4 atom stereocenters. The number of rotatable bonds is 16. The second kappa shape index (κ2) is 16.1. The highest BCUT2D eigenvalue weighted by atomic mass is 16.6. The highest BCUT2D eigenvalue weighted by molar-refractivity contribution is 6.08. The van der Waals surface area contributed by atoms with Crippen LogP contribution in [0.5, 0.6) is 0 Å². The van der Waals surface area contributed by atoms with E-state index in [0.717, 1.165) is 23.8 Å². The molecule has 3 rings (SSSR count). The summed E-state index contributed by atoms with van der Waals surface area (Å²) in [4.78, 5) is 49.6. The summed E-state index contributed by atoms with van der Waals surface area (Å²) in [6, 6.07) is 1.27. The van der Waals surface area contributed by atoms with Gasteiger partial charge >= 0.3 is 11.7 Å². The molecule has 4 N–H and O–H groups in total. The van der Waals surface area contributed by atoms with Gasteiger partial charge in [0.1, 0.15) is 24.1 Å². The van der Waals surface area contributed by atoms with Crippen molar-refractivity contribution < 1.29 is 34.4 Å². The van der Waals surface area contributed by atoms with Gasteiger partial charge in [0.15, 0.2) is 17.6 Å². The van der Waals surface area contributed by atoms with Crippen LogP contribution in [-0.2, 0) is 9.47 Å². The van der Waals surface area contributed by atoms with Crippen LogP contribution in [0.15, 0.2) is 29.5 Å². The van der Waals surface area contributed by atoms with Crippen LogP contribution in [0.3, 0.4) is 0 Å². The topological polar surface area (TPSA) is 186 Å². The van der Waals surface area contributed by atoms with Crippen molar-refractivity contribution in [3.05, 3.63) is 46.5 Å². The number of unbranched alkanes of at least 4 members (excludes halogenated alkanes) is 9. The summed E-state index contributed by atoms with van der Waals surface area (Å²) in [5.41, 5.74) is -1.43. The zero-order chi connectivity index (χ0) is 28.9. The first-order valence-corrected chi connectivity index (χ1v) is 13.9. The molecule has 1 saturated heterocycles. The van der Waals surface area contributed by atoms with Gasteiger partial charge in [-0.05, 0) is 12.5 Å². The van der Waals surface area contributed by atoms with Crippen molar-refractivity contribution in [3.63, 3.8) is 0 Å². The van der Waals surface area contributed by atoms with Crippen LogP contribution in [0.4, 0.5) is 5.82 Å². The minimum absolute atomic E-state index is 0.145. The molecule has 220 valence electrons. The summed E-state index contributed by atoms with van der Waals surface area (Å²) >= 11 is 0. The third-order valence-corrected chi connectivity index (χ3v) is 6.70. The fourth-order valence-corrected chi connectivity index (χ4v) is 4.44. The number of aromatic nitrogens is 4. The highest BCUT2D eigenvalue weighted by Crippen LogP contribution is 2.28. The molecule has 0 aromatic carbocycles. The van der Waals surface area contributed by atoms with E-state index in [1.54, 1.807) is 0 Å². The maximum atomic E-state index is 12.8. The predicted octanol–water partition coefficient (Wildman–Crippen LogP) is 1.97. The zero-order valence-electron chi connectivity index (χ0n) is 22.8. The van der Waals surface area contributed by atoms with Crippen LogP contribution < -0.4 is 11.0 Å². The average molecular weight is 562 g/mol. The second-order valence-corrected chi connectivity index (χ2v) is 9.76. The molecule has 2 aromatic rings. The Morgan fingerprint density at radius 2 is 1.60 bits per heavy atom. The largest absolute Gasteiger partial charge is 0.461 e. The molecule has 2 aromatic heterocycles. The quantitative estimate of drug-likeness (QED) is 0.173. The van der Waals surface area contributed by atoms with Gasteiger partial charge in [-0.1, -0.05) is 64.7 Å². The molecule has 1 amide bonds. The SMILES string of the molecule is CCCCCCCCCCCCOC(=O)c1nccnc1C(=O)Nc1ccn([C@@H]2O[C@H](CO)[C@@H](O)[C@@H]2O)c(=O)n1. The number of nitrogens with zero attached hydrogens (tertiary/aromatic N) is 4. The molecule has 0 bridgehead atoms. The molecule has 1 aliphatic rings. The van der Waals surface area contributed by atoms with Crippen molar-refractivity contribution in [2.45, 2.75) is 95.7 Å². The number of esters is 1. The Hall–Kier alpha value is -3.26. The Morgan fingerprint density at radius 3 is 2.20 bits per heavy atom. The lowest BCUT2D eigenvalue weighted by Gasteiger charge is -2.17. The number of aliphatic hydroxyl groups excluding tert-OH is 3. The number of hydrogen-bond donors (Lipinski definition) is 4. The Kier molecular flexibility index (Phi) is 12.6. The number of hydrogen-bond acceptors (Lipinski definition) is 11. The molecule has 13 heteroatoms. The smallest absolute Gasteiger partial charge is 0.359 e. The summed E-state index contributed by atoms with van der Waals surface area (Å²) in [5, 5.41) is 31.7. The summed E-state index contributed by atoms with van der Waals surface area (Å²) in [5.74, 6) is -1.74. The Balaban J connectivity index is 1.49. The van der Waals surface area contributed by atoms with E-state index in [-0.39, 0.29) is 23.8 Å². The lowest BCUT2D eigenvalue weighted by atomic mass is 10.1. The van der Waals surface area contributed by atoms with E-state index >= 15 is 0 Å². The molecule has 0 spiro atoms. The fourth-order valence-electron chi connectivity index (χ4n) is 4.44. The lowest BCUT2D eigenvalue weighted by molar-refractivity contribution is -0.0549. The number of aliphatic hydroxyl groups is 3. The van der Waals surface area contributed by atoms with Gasteiger partial charge in [-0.2, -0.15) is 4.98 Å². The van der Waals surface area contributed by atoms with Crippen molar-refractivity contribution in [1.29, 1.82) is 0 Å². The minimum Gasteiger partial charge on any atom is -0.461 e. The molecule has 1 aliphatic heterocycles. The number of carbonyl (C=O) groups is 2. The zero-order valence-corrected chi connectivity index (χ0v) is 22.8. The maximum Gasteiger partial charge on any atom is 0.359 e. The Labute approximate surface area is 232 Å². The minimum atomic E-state index is -1.47. The number of nitrogens with one attached hydrogen (secondary N) is 1. The molecule has 0 saturated carbocycles. The summed E-state index contributed by atoms with van der Waals surface area (Å²) < 4.78 is 11.6. The van der Waals surface area contributed by atoms with Gasteiger partial charge in [0.2, 0.25) is 0 Å². The van der Waals surface area contributed by atoms with Crippen LogP contribution in [0.1, 0.15) is 98.3 Å². The van der Waals surface area contributed by atoms with Crippen LogP contribution in [0.2, 0.25) is 0 Å². The standard InChI is InChI=1S/C27H39N5O8/c1-2-3-4-5-6-7-8-9-10-11-16-39-26(37)21-20(28-13-14-29-21)24(36)30-19-12-15-32(27(38)31-19)25-23(35)22(34)18(17-33)40-25/h12-15,18,22-23,25,33-35H,2-11,16-17H2,1H3,(H,30,31,36,38)/t18-,22-,23+,25-/m1/s1. The van der Waals surface area contributed by atoms with Crippen LogP contribution in [0.25, 0.3) is 0 Å². The van der Waals surface area contributed by atoms with Gasteiger partial charge in [-0.25, -0.2) is 19.6 Å². The van der Waals surface area contributed by atoms with E-state index in [1.165, 1.54) is 63.2 Å². The number of carbonyl (C=O) groups excluding carboxylic acids is 2. The van der Waals surface area contributed by atoms with Gasteiger partial charge < -0.3 is 30.1 Å². The first-order chi connectivity index (χ1) is 19.4. The first-order valence-electron chi connectivity index (χ1n) is 13.9. The van der Waals surface area contributed by atoms with Gasteiger partial charge in [0.05, 0.1) is 13.2 Å². The molecule has 1 fully saturated rings. The van der Waals surface area contributed by atoms with Gasteiger partial charge in [-0.15, -0.1) is 0 Å². The molecule has 0 radical (unpaired) electrons. The van der Waals surface area contributed by atoms with Crippen molar-refractivity contribution >= 4 is 17.7 Å². The van der Waals surface area contributed by atoms with E-state index in [1.807, 2.05) is 0 Å². The molecule has 0 aliphatic carbocycles. The van der Waals surface area contributed by atoms with Crippen molar-refractivity contribution in [2.24, 2.45) is 0 Å². The Morgan fingerprint density at radius 1 is 0.975 bits per heavy atom. The van der Waals surface area contributed by atoms with E-state index in [9.17, 15) is 29.7 Å². The van der Waals surface area contributed by atoms with Gasteiger partial charge in [0.25, 0.3) is 5.91 Å². The van der Waals surface area contributed by atoms with Crippen LogP contribution >= 0.6 is 0 Å². The maximum absolute atomic E-state index is 12.8. The van der Waals surface area contributed by atoms with Crippen molar-refractivity contribution in [3.8, 4) is 0 Å². The van der Waals surface area contributed by atoms with Gasteiger partial charge in [0, 0.05) is 18.6 Å². The summed E-state index contributed by atoms with van der Waals surface area (Å²) in [6.07, 6.45) is 10.0. The normalized spacial score (nSPS) is 20.4. The molecule has 40 heavy (non-hydrogen) atoms. The van der Waals surface area contributed by atoms with Crippen molar-refractivity contribution in [2.75, 3.05) is 18.5 Å². The molecular formula is C27H39N5O8. The van der Waals surface area contributed by atoms with Crippen LogP contribution in [0, 0.1) is 0 Å². The van der Waals surface area contributed by atoms with Crippen molar-refractivity contribution in [1.82, 2.24) is 19.5 Å². The first kappa shape index (κ1) is 31.3. The van der Waals surface area contributed by atoms with E-state index in [2.05, 4.69) is 27.2 Å². The summed E-state index contributed by atoms with van der Waals surface area (Å²) in [7, 11) is 0. The third-order valence-electron chi connectivity index (χ3n) is 6.70. The molecule has 0 unspecified atom stereocenters. The Bertz CT molecular complexity index is 1160. The fraction of sp³-hybridized carbons (Fsp3) is 0.630. The third kappa shape index (κ3) is 8.62.